The van der Waals surface area contributed by atoms with Gasteiger partial charge in [-0.15, -0.1) is 0 Å². The molecule has 15 heavy (non-hydrogen) atoms. The van der Waals surface area contributed by atoms with Gasteiger partial charge in [-0.1, -0.05) is 6.92 Å². The molecule has 6 heteroatoms. The lowest BCUT2D eigenvalue weighted by molar-refractivity contribution is -0.387. The van der Waals surface area contributed by atoms with Crippen molar-refractivity contribution < 1.29 is 14.1 Å². The third-order valence-electron chi connectivity index (χ3n) is 1.75. The number of carbonyl (C=O) groups is 1. The molecule has 1 aromatic rings. The Bertz CT molecular complexity index is 406. The van der Waals surface area contributed by atoms with Crippen molar-refractivity contribution in [3.05, 3.63) is 34.1 Å². The molecule has 0 heterocycles. The molecule has 0 radical (unpaired) electrons. The molecular weight excluding hydrogens is 203 g/mol. The Balaban J connectivity index is 2.97. The minimum atomic E-state index is -0.922. The molecule has 0 aliphatic heterocycles. The summed E-state index contributed by atoms with van der Waals surface area (Å²) in [5, 5.41) is 12.8. The molecule has 0 aromatic heterocycles. The summed E-state index contributed by atoms with van der Waals surface area (Å²) < 4.78 is 12.9. The highest BCUT2D eigenvalue weighted by Gasteiger charge is 2.14. The fourth-order valence-electron chi connectivity index (χ4n) is 0.980. The molecule has 0 fully saturated rings. The van der Waals surface area contributed by atoms with Gasteiger partial charge in [0.05, 0.1) is 4.92 Å². The van der Waals surface area contributed by atoms with E-state index in [9.17, 15) is 19.3 Å². The third kappa shape index (κ3) is 2.73. The molecule has 0 bridgehead atoms. The highest BCUT2D eigenvalue weighted by Crippen LogP contribution is 2.21. The first kappa shape index (κ1) is 11.1. The highest BCUT2D eigenvalue weighted by molar-refractivity contribution is 5.90. The molecule has 0 saturated heterocycles. The van der Waals surface area contributed by atoms with E-state index in [0.717, 1.165) is 12.1 Å². The average Bonchev–Trinajstić information content (AvgIpc) is 2.20. The number of benzene rings is 1. The maximum absolute atomic E-state index is 12.9. The molecule has 1 rings (SSSR count). The number of nitrogens with one attached hydrogen (secondary N) is 1. The van der Waals surface area contributed by atoms with Crippen molar-refractivity contribution in [2.24, 2.45) is 0 Å². The Hall–Kier alpha value is -1.98. The van der Waals surface area contributed by atoms with Crippen LogP contribution in [0.3, 0.4) is 0 Å². The van der Waals surface area contributed by atoms with Crippen LogP contribution in [-0.4, -0.2) is 10.8 Å². The van der Waals surface area contributed by atoms with Gasteiger partial charge in [-0.2, -0.15) is 4.39 Å². The Kier molecular flexibility index (Phi) is 3.33. The number of rotatable bonds is 3. The maximum atomic E-state index is 12.9. The van der Waals surface area contributed by atoms with E-state index in [4.69, 9.17) is 0 Å². The number of carbonyl (C=O) groups excluding carboxylic acids is 1. The van der Waals surface area contributed by atoms with Crippen molar-refractivity contribution >= 4 is 17.3 Å². The number of hydrogen-bond acceptors (Lipinski definition) is 3. The van der Waals surface area contributed by atoms with Crippen LogP contribution in [0.15, 0.2) is 18.2 Å². The second-order valence-electron chi connectivity index (χ2n) is 2.83. The summed E-state index contributed by atoms with van der Waals surface area (Å²) in [5.74, 6) is -1.20. The van der Waals surface area contributed by atoms with Crippen molar-refractivity contribution in [3.8, 4) is 0 Å². The Morgan fingerprint density at radius 3 is 2.80 bits per heavy atom. The first-order chi connectivity index (χ1) is 7.04. The van der Waals surface area contributed by atoms with Crippen LogP contribution in [-0.2, 0) is 4.79 Å². The molecule has 0 aliphatic rings. The largest absolute Gasteiger partial charge is 0.326 e. The van der Waals surface area contributed by atoms with E-state index in [1.165, 1.54) is 6.07 Å². The summed E-state index contributed by atoms with van der Waals surface area (Å²) in [4.78, 5) is 20.5. The normalized spacial score (nSPS) is 9.73. The summed E-state index contributed by atoms with van der Waals surface area (Å²) >= 11 is 0. The number of nitrogens with zero attached hydrogens (tertiary/aromatic N) is 1. The lowest BCUT2D eigenvalue weighted by atomic mass is 10.2. The van der Waals surface area contributed by atoms with Gasteiger partial charge in [0, 0.05) is 18.2 Å². The number of anilines is 1. The molecule has 0 saturated carbocycles. The van der Waals surface area contributed by atoms with Gasteiger partial charge in [-0.3, -0.25) is 14.9 Å². The maximum Gasteiger partial charge on any atom is 0.306 e. The van der Waals surface area contributed by atoms with Gasteiger partial charge < -0.3 is 5.32 Å². The zero-order chi connectivity index (χ0) is 11.4. The van der Waals surface area contributed by atoms with Crippen molar-refractivity contribution in [1.29, 1.82) is 0 Å². The fourth-order valence-corrected chi connectivity index (χ4v) is 0.980. The number of nitro groups is 1. The lowest BCUT2D eigenvalue weighted by Crippen LogP contribution is -2.09. The van der Waals surface area contributed by atoms with Crippen molar-refractivity contribution in [2.45, 2.75) is 13.3 Å². The Labute approximate surface area is 85.1 Å². The summed E-state index contributed by atoms with van der Waals surface area (Å²) in [6.45, 7) is 1.65. The van der Waals surface area contributed by atoms with Crippen molar-refractivity contribution in [1.82, 2.24) is 0 Å². The van der Waals surface area contributed by atoms with Crippen LogP contribution in [0.1, 0.15) is 13.3 Å². The fraction of sp³-hybridized carbons (Fsp3) is 0.222. The Morgan fingerprint density at radius 2 is 2.27 bits per heavy atom. The smallest absolute Gasteiger partial charge is 0.306 e. The van der Waals surface area contributed by atoms with Crippen LogP contribution in [0.2, 0.25) is 0 Å². The van der Waals surface area contributed by atoms with E-state index in [2.05, 4.69) is 5.32 Å². The molecule has 0 atom stereocenters. The monoisotopic (exact) mass is 212 g/mol. The summed E-state index contributed by atoms with van der Waals surface area (Å²) in [5.41, 5.74) is -0.432. The van der Waals surface area contributed by atoms with Crippen LogP contribution in [0.4, 0.5) is 15.8 Å². The third-order valence-corrected chi connectivity index (χ3v) is 1.75. The van der Waals surface area contributed by atoms with E-state index in [1.54, 1.807) is 6.92 Å². The summed E-state index contributed by atoms with van der Waals surface area (Å²) in [7, 11) is 0. The summed E-state index contributed by atoms with van der Waals surface area (Å²) in [6.07, 6.45) is 0.255. The van der Waals surface area contributed by atoms with Crippen LogP contribution in [0, 0.1) is 15.9 Å². The van der Waals surface area contributed by atoms with E-state index in [0.29, 0.717) is 0 Å². The van der Waals surface area contributed by atoms with Gasteiger partial charge >= 0.3 is 5.69 Å². The Morgan fingerprint density at radius 1 is 1.60 bits per heavy atom. The number of amides is 1. The molecule has 1 aromatic carbocycles. The predicted molar refractivity (Wildman–Crippen MR) is 52.0 cm³/mol. The second-order valence-corrected chi connectivity index (χ2v) is 2.83. The first-order valence-electron chi connectivity index (χ1n) is 4.28. The van der Waals surface area contributed by atoms with Gasteiger partial charge in [0.2, 0.25) is 11.7 Å². The second kappa shape index (κ2) is 4.50. The standard InChI is InChI=1S/C9H9FN2O3/c1-2-9(13)11-6-3-4-7(10)8(5-6)12(14)15/h3-5H,2H2,1H3,(H,11,13). The number of halogens is 1. The topological polar surface area (TPSA) is 72.2 Å². The first-order valence-corrected chi connectivity index (χ1v) is 4.28. The quantitative estimate of drug-likeness (QED) is 0.615. The average molecular weight is 212 g/mol. The van der Waals surface area contributed by atoms with Gasteiger partial charge in [0.1, 0.15) is 0 Å². The van der Waals surface area contributed by atoms with E-state index >= 15 is 0 Å². The minimum Gasteiger partial charge on any atom is -0.326 e. The SMILES string of the molecule is CCC(=O)Nc1ccc(F)c([N+](=O)[O-])c1. The van der Waals surface area contributed by atoms with Crippen LogP contribution >= 0.6 is 0 Å². The summed E-state index contributed by atoms with van der Waals surface area (Å²) in [6, 6.07) is 3.21. The van der Waals surface area contributed by atoms with Crippen molar-refractivity contribution in [2.75, 3.05) is 5.32 Å². The zero-order valence-electron chi connectivity index (χ0n) is 7.99. The van der Waals surface area contributed by atoms with Crippen LogP contribution in [0.5, 0.6) is 0 Å². The molecule has 80 valence electrons. The van der Waals surface area contributed by atoms with Gasteiger partial charge in [0.15, 0.2) is 0 Å². The molecule has 1 amide bonds. The van der Waals surface area contributed by atoms with E-state index in [-0.39, 0.29) is 18.0 Å². The van der Waals surface area contributed by atoms with Crippen LogP contribution in [0.25, 0.3) is 0 Å². The van der Waals surface area contributed by atoms with E-state index in [1.807, 2.05) is 0 Å². The molecule has 0 spiro atoms. The highest BCUT2D eigenvalue weighted by atomic mass is 19.1. The molecule has 1 N–H and O–H groups in total. The van der Waals surface area contributed by atoms with E-state index < -0.39 is 16.4 Å². The molecular formula is C9H9FN2O3. The number of nitro benzene ring substituents is 1. The van der Waals surface area contributed by atoms with Crippen molar-refractivity contribution in [3.63, 3.8) is 0 Å². The molecule has 0 unspecified atom stereocenters. The van der Waals surface area contributed by atoms with Gasteiger partial charge in [-0.05, 0) is 12.1 Å². The lowest BCUT2D eigenvalue weighted by Gasteiger charge is -2.02. The van der Waals surface area contributed by atoms with Gasteiger partial charge in [0.25, 0.3) is 0 Å². The minimum absolute atomic E-state index is 0.218. The zero-order valence-corrected chi connectivity index (χ0v) is 7.99. The van der Waals surface area contributed by atoms with Gasteiger partial charge in [-0.25, -0.2) is 0 Å². The molecule has 5 nitrogen and oxygen atoms in total. The predicted octanol–water partition coefficient (Wildman–Crippen LogP) is 2.08. The molecule has 0 aliphatic carbocycles. The number of hydrogen-bond donors (Lipinski definition) is 1. The van der Waals surface area contributed by atoms with Crippen LogP contribution < -0.4 is 5.32 Å².